The summed E-state index contributed by atoms with van der Waals surface area (Å²) < 4.78 is 2.09. The molecule has 0 aliphatic heterocycles. The molecule has 3 nitrogen and oxygen atoms in total. The summed E-state index contributed by atoms with van der Waals surface area (Å²) in [5.41, 5.74) is 2.88. The van der Waals surface area contributed by atoms with E-state index >= 15 is 0 Å². The van der Waals surface area contributed by atoms with Gasteiger partial charge in [0.25, 0.3) is 0 Å². The summed E-state index contributed by atoms with van der Waals surface area (Å²) in [5, 5.41) is 0.459. The van der Waals surface area contributed by atoms with Crippen molar-refractivity contribution in [3.8, 4) is 0 Å². The monoisotopic (exact) mass is 305 g/mol. The average Bonchev–Trinajstić information content (AvgIpc) is 2.81. The van der Waals surface area contributed by atoms with Crippen LogP contribution in [0, 0.1) is 0 Å². The number of alkyl halides is 1. The van der Waals surface area contributed by atoms with Gasteiger partial charge in [0.15, 0.2) is 0 Å². The Hall–Kier alpha value is -1.58. The van der Waals surface area contributed by atoms with Crippen LogP contribution >= 0.6 is 23.2 Å². The van der Waals surface area contributed by atoms with Gasteiger partial charge in [0, 0.05) is 12.4 Å². The van der Waals surface area contributed by atoms with Crippen molar-refractivity contribution in [1.29, 1.82) is 0 Å². The van der Waals surface area contributed by atoms with Crippen LogP contribution in [0.4, 0.5) is 0 Å². The highest BCUT2D eigenvalue weighted by Crippen LogP contribution is 2.29. The number of para-hydroxylation sites is 1. The number of benzene rings is 1. The summed E-state index contributed by atoms with van der Waals surface area (Å²) in [5.74, 6) is 0.818. The van der Waals surface area contributed by atoms with Gasteiger partial charge in [-0.1, -0.05) is 23.7 Å². The molecule has 0 aliphatic carbocycles. The first-order valence-electron chi connectivity index (χ1n) is 6.34. The van der Waals surface area contributed by atoms with Crippen molar-refractivity contribution >= 4 is 34.2 Å². The van der Waals surface area contributed by atoms with Crippen molar-refractivity contribution in [2.45, 2.75) is 18.8 Å². The second-order valence-electron chi connectivity index (χ2n) is 4.64. The van der Waals surface area contributed by atoms with Crippen molar-refractivity contribution in [3.63, 3.8) is 0 Å². The largest absolute Gasteiger partial charge is 0.322 e. The molecule has 102 valence electrons. The summed E-state index contributed by atoms with van der Waals surface area (Å²) >= 11 is 12.5. The number of aromatic nitrogens is 3. The van der Waals surface area contributed by atoms with Gasteiger partial charge >= 0.3 is 0 Å². The zero-order chi connectivity index (χ0) is 14.1. The Bertz CT molecular complexity index is 735. The summed E-state index contributed by atoms with van der Waals surface area (Å²) in [6.45, 7) is 2.59. The van der Waals surface area contributed by atoms with Crippen LogP contribution in [0.3, 0.4) is 0 Å². The number of fused-ring (bicyclic) bond motifs is 1. The molecule has 5 heteroatoms. The first-order chi connectivity index (χ1) is 9.66. The van der Waals surface area contributed by atoms with Crippen molar-refractivity contribution < 1.29 is 0 Å². The van der Waals surface area contributed by atoms with Crippen molar-refractivity contribution in [3.05, 3.63) is 59.1 Å². The lowest BCUT2D eigenvalue weighted by Crippen LogP contribution is -2.05. The minimum atomic E-state index is -0.185. The molecule has 0 amide bonds. The number of nitrogens with zero attached hydrogens (tertiary/aromatic N) is 3. The van der Waals surface area contributed by atoms with Crippen LogP contribution in [0.5, 0.6) is 0 Å². The number of pyridine rings is 1. The fourth-order valence-electron chi connectivity index (χ4n) is 2.27. The molecule has 0 saturated carbocycles. The fourth-order valence-corrected chi connectivity index (χ4v) is 2.65. The third-order valence-corrected chi connectivity index (χ3v) is 3.68. The van der Waals surface area contributed by atoms with E-state index in [-0.39, 0.29) is 5.38 Å². The Balaban J connectivity index is 2.17. The van der Waals surface area contributed by atoms with E-state index in [9.17, 15) is 0 Å². The van der Waals surface area contributed by atoms with Gasteiger partial charge in [-0.15, -0.1) is 11.6 Å². The van der Waals surface area contributed by atoms with E-state index in [0.717, 1.165) is 22.4 Å². The third kappa shape index (κ3) is 2.39. The van der Waals surface area contributed by atoms with Gasteiger partial charge in [0.2, 0.25) is 0 Å². The minimum absolute atomic E-state index is 0.185. The zero-order valence-electron chi connectivity index (χ0n) is 10.9. The van der Waals surface area contributed by atoms with Crippen LogP contribution in [0.15, 0.2) is 42.7 Å². The molecule has 0 radical (unpaired) electrons. The van der Waals surface area contributed by atoms with Crippen LogP contribution in [0.2, 0.25) is 5.02 Å². The molecule has 20 heavy (non-hydrogen) atoms. The predicted molar refractivity (Wildman–Crippen MR) is 82.4 cm³/mol. The lowest BCUT2D eigenvalue weighted by molar-refractivity contribution is 0.740. The Morgan fingerprint density at radius 3 is 2.80 bits per heavy atom. The Morgan fingerprint density at radius 2 is 2.10 bits per heavy atom. The van der Waals surface area contributed by atoms with Crippen LogP contribution in [0.25, 0.3) is 11.0 Å². The van der Waals surface area contributed by atoms with Gasteiger partial charge in [0.05, 0.1) is 22.5 Å². The Morgan fingerprint density at radius 1 is 1.25 bits per heavy atom. The van der Waals surface area contributed by atoms with E-state index in [1.165, 1.54) is 0 Å². The van der Waals surface area contributed by atoms with E-state index < -0.39 is 0 Å². The van der Waals surface area contributed by atoms with Gasteiger partial charge < -0.3 is 4.57 Å². The van der Waals surface area contributed by atoms with Crippen LogP contribution in [0.1, 0.15) is 23.7 Å². The zero-order valence-corrected chi connectivity index (χ0v) is 12.4. The molecule has 0 fully saturated rings. The molecule has 1 aromatic carbocycles. The Labute approximate surface area is 127 Å². The van der Waals surface area contributed by atoms with Gasteiger partial charge in [0.1, 0.15) is 11.3 Å². The lowest BCUT2D eigenvalue weighted by atomic mass is 10.2. The highest BCUT2D eigenvalue weighted by molar-refractivity contribution is 6.35. The first-order valence-corrected chi connectivity index (χ1v) is 7.16. The van der Waals surface area contributed by atoms with Crippen LogP contribution in [-0.4, -0.2) is 14.5 Å². The molecule has 3 rings (SSSR count). The van der Waals surface area contributed by atoms with Crippen LogP contribution in [-0.2, 0) is 6.54 Å². The average molecular weight is 306 g/mol. The Kier molecular flexibility index (Phi) is 3.64. The molecule has 0 bridgehead atoms. The quantitative estimate of drug-likeness (QED) is 0.670. The van der Waals surface area contributed by atoms with Gasteiger partial charge in [-0.05, 0) is 30.7 Å². The molecule has 2 heterocycles. The topological polar surface area (TPSA) is 30.7 Å². The van der Waals surface area contributed by atoms with Crippen molar-refractivity contribution in [2.24, 2.45) is 0 Å². The molecule has 1 atom stereocenters. The molecule has 0 saturated heterocycles. The minimum Gasteiger partial charge on any atom is -0.322 e. The van der Waals surface area contributed by atoms with Gasteiger partial charge in [-0.2, -0.15) is 0 Å². The molecule has 2 aromatic heterocycles. The van der Waals surface area contributed by atoms with E-state index in [4.69, 9.17) is 23.2 Å². The summed E-state index contributed by atoms with van der Waals surface area (Å²) in [6, 6.07) is 9.73. The number of imidazole rings is 1. The molecule has 0 spiro atoms. The summed E-state index contributed by atoms with van der Waals surface area (Å²) in [6.07, 6.45) is 3.61. The van der Waals surface area contributed by atoms with Gasteiger partial charge in [-0.25, -0.2) is 4.98 Å². The summed E-state index contributed by atoms with van der Waals surface area (Å²) in [4.78, 5) is 8.73. The normalized spacial score (nSPS) is 12.8. The third-order valence-electron chi connectivity index (χ3n) is 3.18. The molecule has 0 aliphatic rings. The number of rotatable bonds is 3. The fraction of sp³-hybridized carbons (Fsp3) is 0.200. The molecule has 0 N–H and O–H groups in total. The number of hydrogen-bond donors (Lipinski definition) is 0. The van der Waals surface area contributed by atoms with E-state index in [0.29, 0.717) is 11.6 Å². The van der Waals surface area contributed by atoms with E-state index in [2.05, 4.69) is 14.5 Å². The molecule has 3 aromatic rings. The predicted octanol–water partition coefficient (Wildman–Crippen LogP) is 4.43. The molecular formula is C15H13Cl2N3. The molecule has 1 unspecified atom stereocenters. The van der Waals surface area contributed by atoms with Crippen molar-refractivity contribution in [1.82, 2.24) is 14.5 Å². The highest BCUT2D eigenvalue weighted by atomic mass is 35.5. The second kappa shape index (κ2) is 5.43. The van der Waals surface area contributed by atoms with E-state index in [1.54, 1.807) is 6.20 Å². The molecular weight excluding hydrogens is 293 g/mol. The SMILES string of the molecule is CC(Cl)c1nc2c(Cl)cccc2n1Cc1cccnc1. The van der Waals surface area contributed by atoms with Gasteiger partial charge in [-0.3, -0.25) is 4.98 Å². The van der Waals surface area contributed by atoms with E-state index in [1.807, 2.05) is 43.5 Å². The number of hydrogen-bond acceptors (Lipinski definition) is 2. The maximum Gasteiger partial charge on any atom is 0.128 e. The first kappa shape index (κ1) is 13.4. The lowest BCUT2D eigenvalue weighted by Gasteiger charge is -2.10. The maximum atomic E-state index is 6.26. The smallest absolute Gasteiger partial charge is 0.128 e. The van der Waals surface area contributed by atoms with Crippen LogP contribution < -0.4 is 0 Å². The highest BCUT2D eigenvalue weighted by Gasteiger charge is 2.16. The standard InChI is InChI=1S/C15H13Cl2N3/c1-10(16)15-19-14-12(17)5-2-6-13(14)20(15)9-11-4-3-7-18-8-11/h2-8,10H,9H2,1H3. The van der Waals surface area contributed by atoms with Crippen molar-refractivity contribution in [2.75, 3.05) is 0 Å². The summed E-state index contributed by atoms with van der Waals surface area (Å²) in [7, 11) is 0. The number of halogens is 2. The second-order valence-corrected chi connectivity index (χ2v) is 5.70. The maximum absolute atomic E-state index is 6.26.